The molecule has 4 aromatic rings. The van der Waals surface area contributed by atoms with Crippen molar-refractivity contribution in [2.45, 2.75) is 107 Å². The maximum Gasteiger partial charge on any atom is 0.305 e. The minimum atomic E-state index is -1.07. The van der Waals surface area contributed by atoms with Crippen LogP contribution >= 0.6 is 23.5 Å². The van der Waals surface area contributed by atoms with Gasteiger partial charge in [0.05, 0.1) is 31.5 Å². The molecule has 0 unspecified atom stereocenters. The molecule has 4 aromatic heterocycles. The van der Waals surface area contributed by atoms with E-state index in [-0.39, 0.29) is 12.4 Å². The molecule has 2 aliphatic rings. The van der Waals surface area contributed by atoms with Crippen LogP contribution in [0.5, 0.6) is 0 Å². The molecule has 8 atom stereocenters. The van der Waals surface area contributed by atoms with Crippen LogP contribution in [0.15, 0.2) is 25.3 Å². The van der Waals surface area contributed by atoms with Crippen molar-refractivity contribution in [3.8, 4) is 0 Å². The van der Waals surface area contributed by atoms with Gasteiger partial charge in [-0.1, -0.05) is 12.8 Å². The summed E-state index contributed by atoms with van der Waals surface area (Å²) in [5, 5.41) is 56.4. The molecule has 6 heterocycles. The molecule has 22 heteroatoms. The van der Waals surface area contributed by atoms with E-state index in [4.69, 9.17) is 19.3 Å². The van der Waals surface area contributed by atoms with Crippen molar-refractivity contribution < 1.29 is 49.3 Å². The second-order valence-corrected chi connectivity index (χ2v) is 15.6. The quantitative estimate of drug-likeness (QED) is 0.0468. The first-order chi connectivity index (χ1) is 28.1. The van der Waals surface area contributed by atoms with Gasteiger partial charge in [-0.05, 0) is 45.1 Å². The van der Waals surface area contributed by atoms with Gasteiger partial charge in [-0.2, -0.15) is 23.5 Å². The molecule has 0 saturated carbocycles. The Balaban J connectivity index is 0.000000221. The average molecular weight is 851 g/mol. The molecule has 2 fully saturated rings. The number of aromatic nitrogens is 8. The second-order valence-electron chi connectivity index (χ2n) is 13.8. The highest BCUT2D eigenvalue weighted by Crippen LogP contribution is 2.34. The Labute approximate surface area is 343 Å². The van der Waals surface area contributed by atoms with Crippen LogP contribution in [0.2, 0.25) is 0 Å². The maximum atomic E-state index is 11.3. The van der Waals surface area contributed by atoms with Gasteiger partial charge in [-0.25, -0.2) is 29.9 Å². The van der Waals surface area contributed by atoms with E-state index in [1.807, 2.05) is 12.5 Å². The van der Waals surface area contributed by atoms with Crippen molar-refractivity contribution in [1.82, 2.24) is 39.0 Å². The summed E-state index contributed by atoms with van der Waals surface area (Å²) in [7, 11) is 0. The number of aliphatic hydroxyl groups is 4. The van der Waals surface area contributed by atoms with Crippen molar-refractivity contribution in [3.63, 3.8) is 0 Å². The van der Waals surface area contributed by atoms with Gasteiger partial charge in [0.2, 0.25) is 0 Å². The van der Waals surface area contributed by atoms with Gasteiger partial charge in [0.25, 0.3) is 0 Å². The smallest absolute Gasteiger partial charge is 0.305 e. The fourth-order valence-corrected chi connectivity index (χ4v) is 7.86. The SMILES string of the molecule is CCOC(=O)CCCCCNc1ncnc2c1ncn2[C@@H]1O[C@H](CSC)[C@@H](O)[C@H]1O.CSC[C@H]1O[C@@H](n2cnc3c(NCCCCCC(=O)O)ncnc32)[C@H](O)[C@@H]1O. The lowest BCUT2D eigenvalue weighted by Gasteiger charge is -2.16. The van der Waals surface area contributed by atoms with E-state index in [0.717, 1.165) is 32.1 Å². The summed E-state index contributed by atoms with van der Waals surface area (Å²) in [6.45, 7) is 3.53. The van der Waals surface area contributed by atoms with Crippen LogP contribution in [0.3, 0.4) is 0 Å². The summed E-state index contributed by atoms with van der Waals surface area (Å²) < 4.78 is 19.9. The number of nitrogens with zero attached hydrogens (tertiary/aromatic N) is 8. The van der Waals surface area contributed by atoms with Crippen molar-refractivity contribution in [2.75, 3.05) is 54.3 Å². The first kappa shape index (κ1) is 45.2. The summed E-state index contributed by atoms with van der Waals surface area (Å²) in [4.78, 5) is 47.7. The number of nitrogens with one attached hydrogen (secondary N) is 2. The highest BCUT2D eigenvalue weighted by molar-refractivity contribution is 7.98. The molecule has 7 N–H and O–H groups in total. The van der Waals surface area contributed by atoms with Gasteiger partial charge in [0.1, 0.15) is 37.1 Å². The molecule has 0 amide bonds. The molecule has 6 rings (SSSR count). The van der Waals surface area contributed by atoms with Gasteiger partial charge in [-0.3, -0.25) is 18.7 Å². The number of carboxylic acids is 1. The standard InChI is InChI=1S/C19H29N5O5S.C17H25N5O5S/c1-3-28-13(25)7-5-4-6-8-20-17-14-18(22-10-21-17)24(11-23-14)19-16(27)15(26)12(29-19)9-30-2;1-28-7-10-13(25)14(26)17(27-10)22-9-21-12-15(19-8-20-16(12)22)18-6-4-2-3-5-11(23)24/h10-12,15-16,19,26-27H,3-9H2,1-2H3,(H,20,21,22);8-10,13-14,17,25-26H,2-7H2,1H3,(H,23,24)(H,18,19,20)/t12-,15-,16-,19-;10-,13-,14-,17-/m11/s1. The van der Waals surface area contributed by atoms with Gasteiger partial charge >= 0.3 is 11.9 Å². The number of carbonyl (C=O) groups excluding carboxylic acids is 1. The van der Waals surface area contributed by atoms with Crippen molar-refractivity contribution in [3.05, 3.63) is 25.3 Å². The number of unbranched alkanes of at least 4 members (excludes halogenated alkanes) is 4. The van der Waals surface area contributed by atoms with E-state index in [1.165, 1.54) is 30.7 Å². The highest BCUT2D eigenvalue weighted by Gasteiger charge is 2.45. The molecule has 58 heavy (non-hydrogen) atoms. The zero-order chi connectivity index (χ0) is 41.6. The fourth-order valence-electron chi connectivity index (χ4n) is 6.65. The fraction of sp³-hybridized carbons (Fsp3) is 0.667. The Bertz CT molecular complexity index is 1910. The van der Waals surface area contributed by atoms with E-state index >= 15 is 0 Å². The first-order valence-electron chi connectivity index (χ1n) is 19.3. The number of hydrogen-bond donors (Lipinski definition) is 7. The van der Waals surface area contributed by atoms with Crippen LogP contribution in [0, 0.1) is 0 Å². The Kier molecular flexibility index (Phi) is 17.5. The normalized spacial score (nSPS) is 24.2. The number of hydrogen-bond acceptors (Lipinski definition) is 19. The Hall–Kier alpha value is -3.90. The van der Waals surface area contributed by atoms with Gasteiger partial charge in [-0.15, -0.1) is 0 Å². The largest absolute Gasteiger partial charge is 0.481 e. The average Bonchev–Trinajstić information content (AvgIpc) is 3.97. The van der Waals surface area contributed by atoms with E-state index < -0.39 is 55.0 Å². The minimum Gasteiger partial charge on any atom is -0.481 e. The monoisotopic (exact) mass is 850 g/mol. The molecule has 0 bridgehead atoms. The number of thioether (sulfide) groups is 2. The van der Waals surface area contributed by atoms with Gasteiger partial charge < -0.3 is 50.4 Å². The predicted octanol–water partition coefficient (Wildman–Crippen LogP) is 2.21. The van der Waals surface area contributed by atoms with E-state index in [9.17, 15) is 30.0 Å². The van der Waals surface area contributed by atoms with Crippen LogP contribution in [0.4, 0.5) is 11.6 Å². The Morgan fingerprint density at radius 1 is 0.690 bits per heavy atom. The molecule has 2 saturated heterocycles. The van der Waals surface area contributed by atoms with E-state index in [2.05, 4.69) is 40.5 Å². The lowest BCUT2D eigenvalue weighted by molar-refractivity contribution is -0.143. The molecule has 0 aliphatic carbocycles. The maximum absolute atomic E-state index is 11.3. The summed E-state index contributed by atoms with van der Waals surface area (Å²) in [6.07, 6.45) is 8.65. The van der Waals surface area contributed by atoms with E-state index in [1.54, 1.807) is 34.1 Å². The second kappa shape index (κ2) is 22.5. The number of rotatable bonds is 21. The van der Waals surface area contributed by atoms with Crippen LogP contribution < -0.4 is 10.6 Å². The number of anilines is 2. The first-order valence-corrected chi connectivity index (χ1v) is 22.1. The lowest BCUT2D eigenvalue weighted by Crippen LogP contribution is -2.32. The number of imidazole rings is 2. The summed E-state index contributed by atoms with van der Waals surface area (Å²) >= 11 is 3.08. The zero-order valence-corrected chi connectivity index (χ0v) is 34.4. The molecule has 320 valence electrons. The lowest BCUT2D eigenvalue weighted by atomic mass is 10.1. The number of fused-ring (bicyclic) bond motifs is 2. The third-order valence-electron chi connectivity index (χ3n) is 9.62. The zero-order valence-electron chi connectivity index (χ0n) is 32.8. The summed E-state index contributed by atoms with van der Waals surface area (Å²) in [5.41, 5.74) is 2.15. The third-order valence-corrected chi connectivity index (χ3v) is 10.9. The van der Waals surface area contributed by atoms with Crippen molar-refractivity contribution >= 4 is 69.4 Å². The number of esters is 1. The number of ether oxygens (including phenoxy) is 3. The number of carbonyl (C=O) groups is 2. The Morgan fingerprint density at radius 2 is 1.16 bits per heavy atom. The molecule has 20 nitrogen and oxygen atoms in total. The topological polar surface area (TPSA) is 274 Å². The van der Waals surface area contributed by atoms with Crippen LogP contribution in [-0.4, -0.2) is 157 Å². The van der Waals surface area contributed by atoms with Crippen molar-refractivity contribution in [1.29, 1.82) is 0 Å². The van der Waals surface area contributed by atoms with Gasteiger partial charge in [0, 0.05) is 37.4 Å². The molecular weight excluding hydrogens is 797 g/mol. The molecule has 0 aromatic carbocycles. The molecule has 0 spiro atoms. The van der Waals surface area contributed by atoms with Gasteiger partial charge in [0.15, 0.2) is 46.4 Å². The Morgan fingerprint density at radius 3 is 1.59 bits per heavy atom. The van der Waals surface area contributed by atoms with Crippen LogP contribution in [0.1, 0.15) is 70.7 Å². The molecular formula is C36H54N10O10S2. The van der Waals surface area contributed by atoms with Crippen LogP contribution in [-0.2, 0) is 23.8 Å². The number of carboxylic acid groups (broad SMARTS) is 1. The highest BCUT2D eigenvalue weighted by atomic mass is 32.2. The molecule has 2 aliphatic heterocycles. The van der Waals surface area contributed by atoms with Crippen LogP contribution in [0.25, 0.3) is 22.3 Å². The third kappa shape index (κ3) is 11.4. The summed E-state index contributed by atoms with van der Waals surface area (Å²) in [5.74, 6) is 1.38. The molecule has 0 radical (unpaired) electrons. The minimum absolute atomic E-state index is 0.158. The predicted molar refractivity (Wildman–Crippen MR) is 217 cm³/mol. The number of aliphatic hydroxyl groups excluding tert-OH is 4. The van der Waals surface area contributed by atoms with Crippen molar-refractivity contribution in [2.24, 2.45) is 0 Å². The van der Waals surface area contributed by atoms with E-state index in [0.29, 0.717) is 78.0 Å². The number of aliphatic carboxylic acids is 1. The summed E-state index contributed by atoms with van der Waals surface area (Å²) in [6, 6.07) is 0.